The van der Waals surface area contributed by atoms with Crippen LogP contribution in [0.1, 0.15) is 0 Å². The Kier molecular flexibility index (Phi) is 3.35. The Morgan fingerprint density at radius 2 is 1.42 bits per heavy atom. The summed E-state index contributed by atoms with van der Waals surface area (Å²) in [5.41, 5.74) is 3.67. The van der Waals surface area contributed by atoms with Crippen LogP contribution in [-0.2, 0) is 0 Å². The Balaban J connectivity index is 2.04. The summed E-state index contributed by atoms with van der Waals surface area (Å²) in [6, 6.07) is 24.8. The van der Waals surface area contributed by atoms with E-state index in [0.717, 1.165) is 22.2 Å². The van der Waals surface area contributed by atoms with Crippen molar-refractivity contribution in [2.75, 3.05) is 0 Å². The summed E-state index contributed by atoms with van der Waals surface area (Å²) in [4.78, 5) is 11.1. The summed E-state index contributed by atoms with van der Waals surface area (Å²) in [5, 5.41) is 12.4. The number of fused-ring (bicyclic) bond motifs is 1. The van der Waals surface area contributed by atoms with Crippen molar-refractivity contribution in [1.82, 2.24) is 4.57 Å². The Morgan fingerprint density at radius 3 is 2.21 bits per heavy atom. The highest BCUT2D eigenvalue weighted by Crippen LogP contribution is 2.37. The lowest BCUT2D eigenvalue weighted by atomic mass is 10.0. The lowest BCUT2D eigenvalue weighted by Gasteiger charge is -2.04. The van der Waals surface area contributed by atoms with Crippen molar-refractivity contribution in [3.8, 4) is 16.8 Å². The fourth-order valence-corrected chi connectivity index (χ4v) is 3.06. The maximum absolute atomic E-state index is 11.4. The second-order valence-electron chi connectivity index (χ2n) is 5.54. The topological polar surface area (TPSA) is 48.1 Å². The van der Waals surface area contributed by atoms with Gasteiger partial charge < -0.3 is 4.57 Å². The molecule has 0 spiro atoms. The molecular weight excluding hydrogens is 300 g/mol. The molecule has 116 valence electrons. The molecule has 0 aliphatic heterocycles. The summed E-state index contributed by atoms with van der Waals surface area (Å²) in [7, 11) is 0. The van der Waals surface area contributed by atoms with Gasteiger partial charge in [-0.05, 0) is 24.3 Å². The molecule has 0 aliphatic carbocycles. The number of para-hydroxylation sites is 3. The summed E-state index contributed by atoms with van der Waals surface area (Å²) >= 11 is 0. The molecule has 0 N–H and O–H groups in total. The van der Waals surface area contributed by atoms with Crippen LogP contribution in [0.3, 0.4) is 0 Å². The number of hydrogen-bond acceptors (Lipinski definition) is 2. The van der Waals surface area contributed by atoms with Crippen molar-refractivity contribution in [3.05, 3.63) is 95.2 Å². The van der Waals surface area contributed by atoms with Gasteiger partial charge in [0.2, 0.25) is 0 Å². The first-order chi connectivity index (χ1) is 11.8. The molecule has 0 radical (unpaired) electrons. The van der Waals surface area contributed by atoms with E-state index in [0.29, 0.717) is 5.56 Å². The third-order valence-electron chi connectivity index (χ3n) is 4.14. The summed E-state index contributed by atoms with van der Waals surface area (Å²) in [5.74, 6) is 0. The van der Waals surface area contributed by atoms with Gasteiger partial charge in [0.25, 0.3) is 5.69 Å². The average molecular weight is 314 g/mol. The fourth-order valence-electron chi connectivity index (χ4n) is 3.06. The number of aromatic nitrogens is 1. The second kappa shape index (κ2) is 5.66. The standard InChI is InChI=1S/C20H14N2O2/c23-22(24)20-13-7-5-11-17(20)18-14-21(15-8-2-1-3-9-15)19-12-6-4-10-16(18)19/h1-14H. The zero-order valence-corrected chi connectivity index (χ0v) is 12.8. The molecule has 0 saturated carbocycles. The van der Waals surface area contributed by atoms with E-state index in [9.17, 15) is 10.1 Å². The normalized spacial score (nSPS) is 10.8. The molecule has 0 amide bonds. The maximum atomic E-state index is 11.4. The van der Waals surface area contributed by atoms with Crippen molar-refractivity contribution in [2.45, 2.75) is 0 Å². The average Bonchev–Trinajstić information content (AvgIpc) is 3.02. The first kappa shape index (κ1) is 14.2. The van der Waals surface area contributed by atoms with Gasteiger partial charge in [-0.2, -0.15) is 0 Å². The van der Waals surface area contributed by atoms with Crippen molar-refractivity contribution >= 4 is 16.6 Å². The molecule has 4 nitrogen and oxygen atoms in total. The molecule has 4 aromatic rings. The smallest absolute Gasteiger partial charge is 0.277 e. The molecule has 1 aromatic heterocycles. The highest BCUT2D eigenvalue weighted by atomic mass is 16.6. The van der Waals surface area contributed by atoms with Crippen molar-refractivity contribution in [2.24, 2.45) is 0 Å². The zero-order chi connectivity index (χ0) is 16.5. The number of benzene rings is 3. The molecule has 0 aliphatic rings. The molecule has 0 saturated heterocycles. The van der Waals surface area contributed by atoms with Crippen LogP contribution in [0.25, 0.3) is 27.7 Å². The lowest BCUT2D eigenvalue weighted by molar-refractivity contribution is -0.384. The molecule has 24 heavy (non-hydrogen) atoms. The number of nitro benzene ring substituents is 1. The third-order valence-corrected chi connectivity index (χ3v) is 4.14. The van der Waals surface area contributed by atoms with Crippen LogP contribution in [0.5, 0.6) is 0 Å². The van der Waals surface area contributed by atoms with Crippen molar-refractivity contribution in [1.29, 1.82) is 0 Å². The van der Waals surface area contributed by atoms with Crippen LogP contribution < -0.4 is 0 Å². The van der Waals surface area contributed by atoms with Crippen LogP contribution in [0.15, 0.2) is 85.1 Å². The molecule has 0 fully saturated rings. The quantitative estimate of drug-likeness (QED) is 0.385. The minimum absolute atomic E-state index is 0.119. The Bertz CT molecular complexity index is 1040. The van der Waals surface area contributed by atoms with E-state index in [-0.39, 0.29) is 10.6 Å². The number of nitrogens with zero attached hydrogens (tertiary/aromatic N) is 2. The molecule has 0 bridgehead atoms. The van der Waals surface area contributed by atoms with Crippen LogP contribution in [-0.4, -0.2) is 9.49 Å². The molecule has 4 rings (SSSR count). The van der Waals surface area contributed by atoms with Gasteiger partial charge in [0.1, 0.15) is 0 Å². The Hall–Kier alpha value is -3.40. The van der Waals surface area contributed by atoms with Gasteiger partial charge in [-0.25, -0.2) is 0 Å². The van der Waals surface area contributed by atoms with Gasteiger partial charge in [0, 0.05) is 28.9 Å². The highest BCUT2D eigenvalue weighted by molar-refractivity contribution is 5.99. The second-order valence-corrected chi connectivity index (χ2v) is 5.54. The van der Waals surface area contributed by atoms with E-state index in [1.165, 1.54) is 0 Å². The number of hydrogen-bond donors (Lipinski definition) is 0. The highest BCUT2D eigenvalue weighted by Gasteiger charge is 2.19. The Labute approximate surface area is 138 Å². The van der Waals surface area contributed by atoms with E-state index in [4.69, 9.17) is 0 Å². The predicted octanol–water partition coefficient (Wildman–Crippen LogP) is 5.21. The molecule has 4 heteroatoms. The predicted molar refractivity (Wildman–Crippen MR) is 95.4 cm³/mol. The fraction of sp³-hybridized carbons (Fsp3) is 0. The lowest BCUT2D eigenvalue weighted by Crippen LogP contribution is -1.91. The molecule has 0 atom stereocenters. The van der Waals surface area contributed by atoms with E-state index in [1.54, 1.807) is 18.2 Å². The summed E-state index contributed by atoms with van der Waals surface area (Å²) in [6.07, 6.45) is 1.97. The van der Waals surface area contributed by atoms with E-state index in [1.807, 2.05) is 66.9 Å². The third kappa shape index (κ3) is 2.25. The molecular formula is C20H14N2O2. The number of rotatable bonds is 3. The first-order valence-electron chi connectivity index (χ1n) is 7.65. The van der Waals surface area contributed by atoms with Crippen LogP contribution in [0.2, 0.25) is 0 Å². The van der Waals surface area contributed by atoms with Crippen molar-refractivity contribution in [3.63, 3.8) is 0 Å². The van der Waals surface area contributed by atoms with E-state index < -0.39 is 0 Å². The largest absolute Gasteiger partial charge is 0.316 e. The van der Waals surface area contributed by atoms with Crippen LogP contribution in [0.4, 0.5) is 5.69 Å². The summed E-state index contributed by atoms with van der Waals surface area (Å²) < 4.78 is 2.07. The van der Waals surface area contributed by atoms with Gasteiger partial charge in [-0.15, -0.1) is 0 Å². The maximum Gasteiger partial charge on any atom is 0.277 e. The molecule has 1 heterocycles. The minimum atomic E-state index is -0.329. The van der Waals surface area contributed by atoms with Gasteiger partial charge in [-0.1, -0.05) is 48.5 Å². The minimum Gasteiger partial charge on any atom is -0.316 e. The van der Waals surface area contributed by atoms with Crippen LogP contribution in [0, 0.1) is 10.1 Å². The van der Waals surface area contributed by atoms with Gasteiger partial charge in [0.15, 0.2) is 0 Å². The van der Waals surface area contributed by atoms with E-state index >= 15 is 0 Å². The van der Waals surface area contributed by atoms with Crippen LogP contribution >= 0.6 is 0 Å². The van der Waals surface area contributed by atoms with E-state index in [2.05, 4.69) is 4.57 Å². The van der Waals surface area contributed by atoms with Gasteiger partial charge in [-0.3, -0.25) is 10.1 Å². The Morgan fingerprint density at radius 1 is 0.750 bits per heavy atom. The molecule has 3 aromatic carbocycles. The molecule has 0 unspecified atom stereocenters. The monoisotopic (exact) mass is 314 g/mol. The van der Waals surface area contributed by atoms with Crippen molar-refractivity contribution < 1.29 is 4.92 Å². The SMILES string of the molecule is O=[N+]([O-])c1ccccc1-c1cn(-c2ccccc2)c2ccccc12. The first-order valence-corrected chi connectivity index (χ1v) is 7.65. The van der Waals surface area contributed by atoms with Gasteiger partial charge in [0.05, 0.1) is 16.0 Å². The summed E-state index contributed by atoms with van der Waals surface area (Å²) in [6.45, 7) is 0. The zero-order valence-electron chi connectivity index (χ0n) is 12.8. The van der Waals surface area contributed by atoms with Gasteiger partial charge >= 0.3 is 0 Å². The number of nitro groups is 1.